The van der Waals surface area contributed by atoms with E-state index >= 15 is 0 Å². The molecule has 37 heavy (non-hydrogen) atoms. The zero-order valence-electron chi connectivity index (χ0n) is 24.9. The van der Waals surface area contributed by atoms with Crippen molar-refractivity contribution in [3.8, 4) is 5.75 Å². The molecule has 1 fully saturated rings. The van der Waals surface area contributed by atoms with E-state index in [4.69, 9.17) is 18.5 Å². The minimum Gasteiger partial charge on any atom is -0.497 e. The van der Waals surface area contributed by atoms with Crippen molar-refractivity contribution in [1.29, 1.82) is 0 Å². The SMILES string of the molecule is COc1ccc(C(CB2OC(C)(C)C(C)(C)O2)CC(CCc2ccccc2)O[Si](C)(C)C(C)(C)C)cc1. The Morgan fingerprint density at radius 3 is 1.97 bits per heavy atom. The van der Waals surface area contributed by atoms with Gasteiger partial charge in [0, 0.05) is 6.10 Å². The smallest absolute Gasteiger partial charge is 0.458 e. The average molecular weight is 525 g/mol. The van der Waals surface area contributed by atoms with Crippen molar-refractivity contribution in [2.45, 2.75) is 115 Å². The zero-order valence-corrected chi connectivity index (χ0v) is 25.9. The summed E-state index contributed by atoms with van der Waals surface area (Å²) in [6.45, 7) is 20.2. The molecule has 0 aromatic heterocycles. The van der Waals surface area contributed by atoms with Gasteiger partial charge in [0.25, 0.3) is 0 Å². The van der Waals surface area contributed by atoms with E-state index in [1.54, 1.807) is 7.11 Å². The lowest BCUT2D eigenvalue weighted by atomic mass is 9.72. The Morgan fingerprint density at radius 1 is 0.892 bits per heavy atom. The Balaban J connectivity index is 1.87. The first kappa shape index (κ1) is 30.0. The third-order valence-electron chi connectivity index (χ3n) is 8.78. The molecule has 2 atom stereocenters. The summed E-state index contributed by atoms with van der Waals surface area (Å²) in [6.07, 6.45) is 3.87. The molecule has 0 aliphatic carbocycles. The van der Waals surface area contributed by atoms with Crippen molar-refractivity contribution in [2.75, 3.05) is 7.11 Å². The van der Waals surface area contributed by atoms with Crippen molar-refractivity contribution >= 4 is 15.4 Å². The molecule has 2 unspecified atom stereocenters. The van der Waals surface area contributed by atoms with E-state index in [1.807, 2.05) is 0 Å². The highest BCUT2D eigenvalue weighted by molar-refractivity contribution is 6.74. The summed E-state index contributed by atoms with van der Waals surface area (Å²) in [5.41, 5.74) is 1.95. The van der Waals surface area contributed by atoms with Gasteiger partial charge in [-0.05, 0) is 101 Å². The van der Waals surface area contributed by atoms with Crippen LogP contribution in [0.5, 0.6) is 5.75 Å². The molecule has 3 rings (SSSR count). The molecule has 0 saturated carbocycles. The molecule has 2 aromatic carbocycles. The monoisotopic (exact) mass is 524 g/mol. The molecule has 4 nitrogen and oxygen atoms in total. The average Bonchev–Trinajstić information content (AvgIpc) is 3.02. The van der Waals surface area contributed by atoms with E-state index < -0.39 is 8.32 Å². The van der Waals surface area contributed by atoms with Gasteiger partial charge in [-0.1, -0.05) is 63.2 Å². The first-order valence-electron chi connectivity index (χ1n) is 13.8. The molecule has 0 N–H and O–H groups in total. The van der Waals surface area contributed by atoms with Crippen LogP contribution in [0.25, 0.3) is 0 Å². The molecule has 204 valence electrons. The maximum absolute atomic E-state index is 7.10. The predicted octanol–water partition coefficient (Wildman–Crippen LogP) is 8.28. The van der Waals surface area contributed by atoms with E-state index in [0.29, 0.717) is 0 Å². The van der Waals surface area contributed by atoms with Gasteiger partial charge in [0.05, 0.1) is 18.3 Å². The second-order valence-electron chi connectivity index (χ2n) is 13.2. The van der Waals surface area contributed by atoms with Crippen molar-refractivity contribution in [1.82, 2.24) is 0 Å². The first-order valence-corrected chi connectivity index (χ1v) is 16.8. The van der Waals surface area contributed by atoms with Gasteiger partial charge in [0.1, 0.15) is 5.75 Å². The summed E-state index contributed by atoms with van der Waals surface area (Å²) in [5, 5.41) is 0.152. The van der Waals surface area contributed by atoms with E-state index in [2.05, 4.69) is 116 Å². The first-order chi connectivity index (χ1) is 17.1. The second kappa shape index (κ2) is 11.6. The summed E-state index contributed by atoms with van der Waals surface area (Å²) in [7, 11) is -0.500. The number of rotatable bonds is 11. The van der Waals surface area contributed by atoms with Crippen LogP contribution in [-0.2, 0) is 20.2 Å². The molecule has 0 bridgehead atoms. The molecule has 0 radical (unpaired) electrons. The van der Waals surface area contributed by atoms with Gasteiger partial charge in [-0.3, -0.25) is 0 Å². The number of benzene rings is 2. The van der Waals surface area contributed by atoms with Crippen LogP contribution in [0.4, 0.5) is 0 Å². The van der Waals surface area contributed by atoms with Crippen LogP contribution in [0.1, 0.15) is 78.4 Å². The van der Waals surface area contributed by atoms with E-state index in [9.17, 15) is 0 Å². The minimum absolute atomic E-state index is 0.149. The number of methoxy groups -OCH3 is 1. The molecular formula is C31H49BO4Si. The Hall–Kier alpha value is -1.60. The lowest BCUT2D eigenvalue weighted by molar-refractivity contribution is 0.00578. The Kier molecular flexibility index (Phi) is 9.43. The molecule has 1 saturated heterocycles. The highest BCUT2D eigenvalue weighted by Crippen LogP contribution is 2.43. The molecule has 1 aliphatic heterocycles. The topological polar surface area (TPSA) is 36.9 Å². The van der Waals surface area contributed by atoms with Crippen molar-refractivity contribution in [3.05, 3.63) is 65.7 Å². The van der Waals surface area contributed by atoms with Crippen LogP contribution in [0.15, 0.2) is 54.6 Å². The predicted molar refractivity (Wildman–Crippen MR) is 158 cm³/mol. The number of aryl methyl sites for hydroxylation is 1. The highest BCUT2D eigenvalue weighted by atomic mass is 28.4. The maximum atomic E-state index is 7.10. The fraction of sp³-hybridized carbons (Fsp3) is 0.613. The summed E-state index contributed by atoms with van der Waals surface area (Å²) >= 11 is 0. The standard InChI is InChI=1S/C31H49BO4Si/c1-29(2,3)37(9,10)34-28(19-16-24-14-12-11-13-15-24)22-26(25-17-20-27(33-8)21-18-25)23-32-35-30(4,5)31(6,7)36-32/h11-15,17-18,20-21,26,28H,16,19,22-23H2,1-10H3. The van der Waals surface area contributed by atoms with Crippen LogP contribution in [0.3, 0.4) is 0 Å². The van der Waals surface area contributed by atoms with Crippen LogP contribution in [0, 0.1) is 0 Å². The van der Waals surface area contributed by atoms with Crippen LogP contribution < -0.4 is 4.74 Å². The van der Waals surface area contributed by atoms with Gasteiger partial charge >= 0.3 is 7.12 Å². The van der Waals surface area contributed by atoms with Gasteiger partial charge in [0.2, 0.25) is 0 Å². The third-order valence-corrected chi connectivity index (χ3v) is 13.3. The Bertz CT molecular complexity index is 967. The molecule has 2 aromatic rings. The van der Waals surface area contributed by atoms with Gasteiger partial charge < -0.3 is 18.5 Å². The largest absolute Gasteiger partial charge is 0.497 e. The number of hydrogen-bond donors (Lipinski definition) is 0. The fourth-order valence-corrected chi connectivity index (χ4v) is 6.05. The minimum atomic E-state index is -1.96. The van der Waals surface area contributed by atoms with E-state index in [1.165, 1.54) is 11.1 Å². The van der Waals surface area contributed by atoms with Gasteiger partial charge in [0.15, 0.2) is 8.32 Å². The lowest BCUT2D eigenvalue weighted by Gasteiger charge is -2.40. The summed E-state index contributed by atoms with van der Waals surface area (Å²) in [6, 6.07) is 19.3. The number of hydrogen-bond acceptors (Lipinski definition) is 4. The zero-order chi connectivity index (χ0) is 27.5. The van der Waals surface area contributed by atoms with Gasteiger partial charge in [-0.25, -0.2) is 0 Å². The summed E-state index contributed by atoms with van der Waals surface area (Å²) < 4.78 is 25.4. The van der Waals surface area contributed by atoms with Crippen molar-refractivity contribution < 1.29 is 18.5 Å². The van der Waals surface area contributed by atoms with Crippen molar-refractivity contribution in [3.63, 3.8) is 0 Å². The fourth-order valence-electron chi connectivity index (χ4n) is 4.65. The Labute approximate surface area is 227 Å². The second-order valence-corrected chi connectivity index (χ2v) is 17.9. The van der Waals surface area contributed by atoms with Gasteiger partial charge in [-0.2, -0.15) is 0 Å². The molecule has 6 heteroatoms. The normalized spacial score (nSPS) is 19.0. The molecule has 0 amide bonds. The third kappa shape index (κ3) is 7.72. The quantitative estimate of drug-likeness (QED) is 0.277. The van der Waals surface area contributed by atoms with Gasteiger partial charge in [-0.15, -0.1) is 0 Å². The molecule has 0 spiro atoms. The van der Waals surface area contributed by atoms with E-state index in [-0.39, 0.29) is 35.4 Å². The molecule has 1 aliphatic rings. The number of ether oxygens (including phenoxy) is 1. The lowest BCUT2D eigenvalue weighted by Crippen LogP contribution is -2.44. The van der Waals surface area contributed by atoms with Crippen LogP contribution in [-0.4, -0.2) is 39.9 Å². The molecular weight excluding hydrogens is 475 g/mol. The summed E-state index contributed by atoms with van der Waals surface area (Å²) in [4.78, 5) is 0. The van der Waals surface area contributed by atoms with E-state index in [0.717, 1.165) is 31.3 Å². The van der Waals surface area contributed by atoms with Crippen molar-refractivity contribution in [2.24, 2.45) is 0 Å². The van der Waals surface area contributed by atoms with Crippen LogP contribution >= 0.6 is 0 Å². The van der Waals surface area contributed by atoms with Crippen LogP contribution in [0.2, 0.25) is 24.5 Å². The maximum Gasteiger partial charge on any atom is 0.458 e. The highest BCUT2D eigenvalue weighted by Gasteiger charge is 2.51. The molecule has 1 heterocycles. The summed E-state index contributed by atoms with van der Waals surface area (Å²) in [5.74, 6) is 1.11. The Morgan fingerprint density at radius 2 is 1.46 bits per heavy atom.